The Morgan fingerprint density at radius 1 is 1.12 bits per heavy atom. The SMILES string of the molecule is CCOc1ccc(C(=O)CCC(=O)NC2CCOc3ccccc32)cc1. The average molecular weight is 353 g/mol. The number of fused-ring (bicyclic) bond motifs is 1. The first-order valence-corrected chi connectivity index (χ1v) is 8.94. The van der Waals surface area contributed by atoms with Gasteiger partial charge in [0.05, 0.1) is 19.3 Å². The van der Waals surface area contributed by atoms with Gasteiger partial charge in [-0.15, -0.1) is 0 Å². The van der Waals surface area contributed by atoms with Crippen molar-refractivity contribution in [3.63, 3.8) is 0 Å². The van der Waals surface area contributed by atoms with Gasteiger partial charge < -0.3 is 14.8 Å². The van der Waals surface area contributed by atoms with E-state index in [1.807, 2.05) is 31.2 Å². The van der Waals surface area contributed by atoms with Crippen molar-refractivity contribution < 1.29 is 19.1 Å². The zero-order valence-electron chi connectivity index (χ0n) is 14.9. The number of amides is 1. The second-order valence-electron chi connectivity index (χ2n) is 6.18. The van der Waals surface area contributed by atoms with E-state index in [4.69, 9.17) is 9.47 Å². The Labute approximate surface area is 153 Å². The number of benzene rings is 2. The monoisotopic (exact) mass is 353 g/mol. The topological polar surface area (TPSA) is 64.6 Å². The number of para-hydroxylation sites is 1. The number of rotatable bonds is 7. The third-order valence-electron chi connectivity index (χ3n) is 4.36. The van der Waals surface area contributed by atoms with Crippen molar-refractivity contribution in [1.82, 2.24) is 5.32 Å². The maximum Gasteiger partial charge on any atom is 0.220 e. The minimum Gasteiger partial charge on any atom is -0.494 e. The molecule has 0 aliphatic carbocycles. The smallest absolute Gasteiger partial charge is 0.220 e. The van der Waals surface area contributed by atoms with Crippen LogP contribution >= 0.6 is 0 Å². The summed E-state index contributed by atoms with van der Waals surface area (Å²) in [6.07, 6.45) is 1.09. The van der Waals surface area contributed by atoms with Crippen molar-refractivity contribution >= 4 is 11.7 Å². The van der Waals surface area contributed by atoms with Crippen molar-refractivity contribution in [1.29, 1.82) is 0 Å². The molecule has 5 nitrogen and oxygen atoms in total. The molecular weight excluding hydrogens is 330 g/mol. The summed E-state index contributed by atoms with van der Waals surface area (Å²) >= 11 is 0. The third kappa shape index (κ3) is 4.42. The van der Waals surface area contributed by atoms with Crippen LogP contribution in [0, 0.1) is 0 Å². The van der Waals surface area contributed by atoms with E-state index in [0.717, 1.165) is 23.5 Å². The first-order valence-electron chi connectivity index (χ1n) is 8.94. The highest BCUT2D eigenvalue weighted by Gasteiger charge is 2.22. The number of hydrogen-bond donors (Lipinski definition) is 1. The van der Waals surface area contributed by atoms with E-state index in [1.165, 1.54) is 0 Å². The molecule has 136 valence electrons. The minimum atomic E-state index is -0.119. The van der Waals surface area contributed by atoms with E-state index in [-0.39, 0.29) is 30.6 Å². The van der Waals surface area contributed by atoms with Gasteiger partial charge in [-0.2, -0.15) is 0 Å². The van der Waals surface area contributed by atoms with E-state index in [9.17, 15) is 9.59 Å². The lowest BCUT2D eigenvalue weighted by atomic mass is 10.00. The number of hydrogen-bond acceptors (Lipinski definition) is 4. The molecule has 26 heavy (non-hydrogen) atoms. The van der Waals surface area contributed by atoms with Crippen LogP contribution < -0.4 is 14.8 Å². The first-order chi connectivity index (χ1) is 12.7. The van der Waals surface area contributed by atoms with Gasteiger partial charge in [-0.25, -0.2) is 0 Å². The molecule has 1 atom stereocenters. The average Bonchev–Trinajstić information content (AvgIpc) is 2.67. The molecule has 0 radical (unpaired) electrons. The Hall–Kier alpha value is -2.82. The first kappa shape index (κ1) is 18.0. The summed E-state index contributed by atoms with van der Waals surface area (Å²) in [6, 6.07) is 14.7. The summed E-state index contributed by atoms with van der Waals surface area (Å²) in [7, 11) is 0. The van der Waals surface area contributed by atoms with Crippen LogP contribution in [0.15, 0.2) is 48.5 Å². The maximum atomic E-state index is 12.3. The van der Waals surface area contributed by atoms with Crippen molar-refractivity contribution in [2.24, 2.45) is 0 Å². The van der Waals surface area contributed by atoms with Gasteiger partial charge in [0.25, 0.3) is 0 Å². The Balaban J connectivity index is 1.52. The molecule has 0 fully saturated rings. The highest BCUT2D eigenvalue weighted by molar-refractivity contribution is 5.98. The highest BCUT2D eigenvalue weighted by atomic mass is 16.5. The van der Waals surface area contributed by atoms with Crippen LogP contribution in [0.2, 0.25) is 0 Å². The molecule has 2 aromatic rings. The molecule has 0 aromatic heterocycles. The predicted molar refractivity (Wildman–Crippen MR) is 98.6 cm³/mol. The second kappa shape index (κ2) is 8.52. The van der Waals surface area contributed by atoms with Crippen molar-refractivity contribution in [3.8, 4) is 11.5 Å². The quantitative estimate of drug-likeness (QED) is 0.771. The summed E-state index contributed by atoms with van der Waals surface area (Å²) in [5.41, 5.74) is 1.59. The number of ether oxygens (including phenoxy) is 2. The highest BCUT2D eigenvalue weighted by Crippen LogP contribution is 2.31. The summed E-state index contributed by atoms with van der Waals surface area (Å²) in [5, 5.41) is 3.02. The zero-order valence-corrected chi connectivity index (χ0v) is 14.9. The Morgan fingerprint density at radius 2 is 1.88 bits per heavy atom. The molecule has 2 aromatic carbocycles. The van der Waals surface area contributed by atoms with E-state index in [0.29, 0.717) is 18.8 Å². The summed E-state index contributed by atoms with van der Waals surface area (Å²) in [5.74, 6) is 1.39. The molecule has 1 N–H and O–H groups in total. The Morgan fingerprint density at radius 3 is 2.65 bits per heavy atom. The van der Waals surface area contributed by atoms with Crippen LogP contribution in [-0.2, 0) is 4.79 Å². The molecule has 1 aliphatic rings. The van der Waals surface area contributed by atoms with Crippen LogP contribution in [0.25, 0.3) is 0 Å². The number of ketones is 1. The molecule has 3 rings (SSSR count). The molecule has 1 unspecified atom stereocenters. The largest absolute Gasteiger partial charge is 0.494 e. The maximum absolute atomic E-state index is 12.3. The Bertz CT molecular complexity index is 770. The summed E-state index contributed by atoms with van der Waals surface area (Å²) in [4.78, 5) is 24.5. The predicted octanol–water partition coefficient (Wildman–Crippen LogP) is 3.69. The van der Waals surface area contributed by atoms with E-state index < -0.39 is 0 Å². The number of nitrogens with one attached hydrogen (secondary N) is 1. The van der Waals surface area contributed by atoms with Crippen LogP contribution in [0.3, 0.4) is 0 Å². The van der Waals surface area contributed by atoms with Crippen LogP contribution in [-0.4, -0.2) is 24.9 Å². The molecule has 0 saturated heterocycles. The molecule has 5 heteroatoms. The standard InChI is InChI=1S/C21H23NO4/c1-2-25-16-9-7-15(8-10-16)19(23)11-12-21(24)22-18-13-14-26-20-6-4-3-5-17(18)20/h3-10,18H,2,11-14H2,1H3,(H,22,24). The zero-order chi connectivity index (χ0) is 18.4. The molecule has 0 saturated carbocycles. The fourth-order valence-electron chi connectivity index (χ4n) is 3.03. The number of carbonyl (C=O) groups is 2. The summed E-state index contributed by atoms with van der Waals surface area (Å²) < 4.78 is 11.0. The van der Waals surface area contributed by atoms with Gasteiger partial charge in [0.1, 0.15) is 11.5 Å². The van der Waals surface area contributed by atoms with Gasteiger partial charge in [0, 0.05) is 30.4 Å². The van der Waals surface area contributed by atoms with Gasteiger partial charge in [-0.1, -0.05) is 18.2 Å². The van der Waals surface area contributed by atoms with Gasteiger partial charge >= 0.3 is 0 Å². The van der Waals surface area contributed by atoms with E-state index in [1.54, 1.807) is 24.3 Å². The number of carbonyl (C=O) groups excluding carboxylic acids is 2. The molecule has 1 heterocycles. The second-order valence-corrected chi connectivity index (χ2v) is 6.18. The van der Waals surface area contributed by atoms with Gasteiger partial charge in [0.2, 0.25) is 5.91 Å². The van der Waals surface area contributed by atoms with Crippen LogP contribution in [0.5, 0.6) is 11.5 Å². The lowest BCUT2D eigenvalue weighted by molar-refractivity contribution is -0.122. The van der Waals surface area contributed by atoms with Crippen molar-refractivity contribution in [3.05, 3.63) is 59.7 Å². The molecular formula is C21H23NO4. The molecule has 0 spiro atoms. The van der Waals surface area contributed by atoms with Crippen LogP contribution in [0.1, 0.15) is 48.1 Å². The van der Waals surface area contributed by atoms with E-state index >= 15 is 0 Å². The Kier molecular flexibility index (Phi) is 5.89. The lowest BCUT2D eigenvalue weighted by Crippen LogP contribution is -2.32. The third-order valence-corrected chi connectivity index (χ3v) is 4.36. The number of Topliss-reactive ketones (excluding diaryl/α,β-unsaturated/α-hetero) is 1. The summed E-state index contributed by atoms with van der Waals surface area (Å²) in [6.45, 7) is 3.07. The normalized spacial score (nSPS) is 15.5. The fourth-order valence-corrected chi connectivity index (χ4v) is 3.03. The van der Waals surface area contributed by atoms with Gasteiger partial charge in [-0.3, -0.25) is 9.59 Å². The van der Waals surface area contributed by atoms with Gasteiger partial charge in [-0.05, 0) is 37.3 Å². The lowest BCUT2D eigenvalue weighted by Gasteiger charge is -2.26. The van der Waals surface area contributed by atoms with Crippen molar-refractivity contribution in [2.75, 3.05) is 13.2 Å². The minimum absolute atomic E-state index is 0.0458. The fraction of sp³-hybridized carbons (Fsp3) is 0.333. The molecule has 0 bridgehead atoms. The van der Waals surface area contributed by atoms with Crippen LogP contribution in [0.4, 0.5) is 0 Å². The van der Waals surface area contributed by atoms with Crippen molar-refractivity contribution in [2.45, 2.75) is 32.2 Å². The molecule has 1 amide bonds. The van der Waals surface area contributed by atoms with E-state index in [2.05, 4.69) is 5.32 Å². The van der Waals surface area contributed by atoms with Gasteiger partial charge in [0.15, 0.2) is 5.78 Å². The molecule has 1 aliphatic heterocycles.